The van der Waals surface area contributed by atoms with Crippen molar-refractivity contribution in [3.05, 3.63) is 116 Å². The molecule has 1 atom stereocenters. The van der Waals surface area contributed by atoms with E-state index in [-0.39, 0.29) is 12.2 Å². The van der Waals surface area contributed by atoms with E-state index in [0.717, 1.165) is 19.9 Å². The van der Waals surface area contributed by atoms with Crippen LogP contribution in [0.1, 0.15) is 43.5 Å². The van der Waals surface area contributed by atoms with E-state index < -0.39 is 18.0 Å². The summed E-state index contributed by atoms with van der Waals surface area (Å²) in [5, 5.41) is 21.5. The van der Waals surface area contributed by atoms with Crippen LogP contribution in [0.15, 0.2) is 84.9 Å². The van der Waals surface area contributed by atoms with Crippen molar-refractivity contribution >= 4 is 45.3 Å². The Morgan fingerprint density at radius 3 is 2.09 bits per heavy atom. The van der Waals surface area contributed by atoms with Crippen molar-refractivity contribution in [2.24, 2.45) is 0 Å². The number of esters is 1. The molecule has 0 fully saturated rings. The third-order valence-corrected chi connectivity index (χ3v) is 5.89. The number of hydrogen-bond donors (Lipinski definition) is 2. The van der Waals surface area contributed by atoms with Crippen LogP contribution in [0, 0.1) is 3.57 Å². The predicted molar refractivity (Wildman–Crippen MR) is 130 cm³/mol. The monoisotopic (exact) mass is 538 g/mol. The van der Waals surface area contributed by atoms with Gasteiger partial charge in [0.15, 0.2) is 0 Å². The normalized spacial score (nSPS) is 11.8. The van der Waals surface area contributed by atoms with Gasteiger partial charge in [0.05, 0.1) is 11.1 Å². The molecule has 0 saturated carbocycles. The quantitative estimate of drug-likeness (QED) is 0.248. The van der Waals surface area contributed by atoms with Crippen LogP contribution in [0.4, 0.5) is 0 Å². The van der Waals surface area contributed by atoms with Crippen molar-refractivity contribution in [2.45, 2.75) is 12.7 Å². The van der Waals surface area contributed by atoms with Crippen molar-refractivity contribution in [2.75, 3.05) is 0 Å². The number of carbonyl (C=O) groups is 2. The summed E-state index contributed by atoms with van der Waals surface area (Å²) in [7, 11) is 0. The Morgan fingerprint density at radius 1 is 0.781 bits per heavy atom. The Morgan fingerprint density at radius 2 is 1.41 bits per heavy atom. The molecule has 1 unspecified atom stereocenters. The largest absolute Gasteiger partial charge is 0.478 e. The summed E-state index contributed by atoms with van der Waals surface area (Å²) >= 11 is 2.22. The van der Waals surface area contributed by atoms with Crippen molar-refractivity contribution in [1.29, 1.82) is 0 Å². The zero-order valence-corrected chi connectivity index (χ0v) is 19.0. The molecule has 2 N–H and O–H groups in total. The highest BCUT2D eigenvalue weighted by Gasteiger charge is 2.14. The molecular weight excluding hydrogens is 519 g/mol. The number of rotatable bonds is 6. The lowest BCUT2D eigenvalue weighted by Crippen LogP contribution is -2.05. The Kier molecular flexibility index (Phi) is 6.53. The minimum atomic E-state index is -1.02. The van der Waals surface area contributed by atoms with Gasteiger partial charge in [-0.3, -0.25) is 0 Å². The van der Waals surface area contributed by atoms with Gasteiger partial charge >= 0.3 is 11.9 Å². The Balaban J connectivity index is 1.53. The van der Waals surface area contributed by atoms with Crippen LogP contribution in [0.2, 0.25) is 0 Å². The van der Waals surface area contributed by atoms with Crippen molar-refractivity contribution in [3.8, 4) is 0 Å². The number of carbonyl (C=O) groups excluding carboxylic acids is 1. The van der Waals surface area contributed by atoms with Gasteiger partial charge in [0.2, 0.25) is 0 Å². The van der Waals surface area contributed by atoms with Crippen molar-refractivity contribution < 1.29 is 24.5 Å². The number of carboxylic acids is 1. The smallest absolute Gasteiger partial charge is 0.338 e. The topological polar surface area (TPSA) is 83.8 Å². The first-order chi connectivity index (χ1) is 15.4. The molecule has 0 aromatic heterocycles. The molecule has 160 valence electrons. The van der Waals surface area contributed by atoms with Gasteiger partial charge in [-0.25, -0.2) is 9.59 Å². The third kappa shape index (κ3) is 4.98. The molecule has 5 nitrogen and oxygen atoms in total. The van der Waals surface area contributed by atoms with Gasteiger partial charge in [-0.15, -0.1) is 0 Å². The Labute approximate surface area is 198 Å². The van der Waals surface area contributed by atoms with Gasteiger partial charge in [-0.2, -0.15) is 0 Å². The van der Waals surface area contributed by atoms with E-state index in [1.807, 2.05) is 48.5 Å². The number of ether oxygens (including phenoxy) is 1. The number of fused-ring (bicyclic) bond motifs is 1. The molecule has 0 aliphatic rings. The van der Waals surface area contributed by atoms with Gasteiger partial charge in [-0.1, -0.05) is 42.5 Å². The summed E-state index contributed by atoms with van der Waals surface area (Å²) in [6.45, 7) is 0.193. The number of hydrogen-bond acceptors (Lipinski definition) is 4. The van der Waals surface area contributed by atoms with Gasteiger partial charge in [0.1, 0.15) is 12.7 Å². The second kappa shape index (κ2) is 9.50. The molecule has 0 bridgehead atoms. The third-order valence-electron chi connectivity index (χ3n) is 5.17. The number of aromatic carboxylic acids is 1. The summed E-state index contributed by atoms with van der Waals surface area (Å²) in [5.41, 5.74) is 2.74. The maximum absolute atomic E-state index is 12.5. The molecular formula is C26H19IO5. The number of aliphatic hydroxyl groups excluding tert-OH is 1. The lowest BCUT2D eigenvalue weighted by Gasteiger charge is -2.13. The van der Waals surface area contributed by atoms with Crippen LogP contribution in [0.25, 0.3) is 10.8 Å². The summed E-state index contributed by atoms with van der Waals surface area (Å²) < 4.78 is 6.56. The molecule has 0 saturated heterocycles. The first-order valence-electron chi connectivity index (χ1n) is 9.87. The van der Waals surface area contributed by atoms with Crippen LogP contribution in [-0.4, -0.2) is 22.2 Å². The molecule has 4 aromatic rings. The highest BCUT2D eigenvalue weighted by molar-refractivity contribution is 14.1. The molecule has 6 heteroatoms. The van der Waals surface area contributed by atoms with Gasteiger partial charge in [0, 0.05) is 3.57 Å². The predicted octanol–water partition coefficient (Wildman–Crippen LogP) is 5.58. The summed E-state index contributed by atoms with van der Waals surface area (Å²) in [4.78, 5) is 23.6. The fourth-order valence-corrected chi connectivity index (χ4v) is 3.74. The van der Waals surface area contributed by atoms with E-state index in [1.54, 1.807) is 24.3 Å². The van der Waals surface area contributed by atoms with Crippen LogP contribution >= 0.6 is 22.6 Å². The van der Waals surface area contributed by atoms with Crippen LogP contribution in [0.3, 0.4) is 0 Å². The zero-order valence-electron chi connectivity index (χ0n) is 16.9. The van der Waals surface area contributed by atoms with Gasteiger partial charge < -0.3 is 14.9 Å². The van der Waals surface area contributed by atoms with E-state index in [4.69, 9.17) is 9.84 Å². The lowest BCUT2D eigenvalue weighted by atomic mass is 9.97. The molecule has 4 rings (SSSR count). The SMILES string of the molecule is O=C(O)c1ccc(C(O)c2ccc3ccc(C(=O)OCc4ccc(I)cc4)cc3c2)cc1. The summed E-state index contributed by atoms with van der Waals surface area (Å²) in [6, 6.07) is 24.7. The highest BCUT2D eigenvalue weighted by atomic mass is 127. The number of benzene rings is 4. The van der Waals surface area contributed by atoms with E-state index >= 15 is 0 Å². The van der Waals surface area contributed by atoms with E-state index in [0.29, 0.717) is 16.7 Å². The highest BCUT2D eigenvalue weighted by Crippen LogP contribution is 2.27. The average Bonchev–Trinajstić information content (AvgIpc) is 2.82. The Bertz CT molecular complexity index is 1280. The number of aliphatic hydroxyl groups is 1. The molecule has 0 radical (unpaired) electrons. The molecule has 32 heavy (non-hydrogen) atoms. The number of carboxylic acid groups (broad SMARTS) is 1. The van der Waals surface area contributed by atoms with E-state index in [9.17, 15) is 14.7 Å². The van der Waals surface area contributed by atoms with Gasteiger partial charge in [-0.05, 0) is 92.5 Å². The van der Waals surface area contributed by atoms with Gasteiger partial charge in [0.25, 0.3) is 0 Å². The zero-order chi connectivity index (χ0) is 22.7. The van der Waals surface area contributed by atoms with E-state index in [2.05, 4.69) is 22.6 Å². The standard InChI is InChI=1S/C26H19IO5/c27-23-11-1-16(2-12-23)15-32-26(31)21-10-4-17-3-9-20(13-22(17)14-21)24(28)18-5-7-19(8-6-18)25(29)30/h1-14,24,28H,15H2,(H,29,30). The van der Waals surface area contributed by atoms with Crippen molar-refractivity contribution in [3.63, 3.8) is 0 Å². The molecule has 0 aliphatic carbocycles. The lowest BCUT2D eigenvalue weighted by molar-refractivity contribution is 0.0472. The fraction of sp³-hybridized carbons (Fsp3) is 0.0769. The van der Waals surface area contributed by atoms with Crippen molar-refractivity contribution in [1.82, 2.24) is 0 Å². The first-order valence-corrected chi connectivity index (χ1v) is 11.0. The minimum Gasteiger partial charge on any atom is -0.478 e. The molecule has 0 heterocycles. The molecule has 0 amide bonds. The maximum atomic E-state index is 12.5. The van der Waals surface area contributed by atoms with Crippen LogP contribution < -0.4 is 0 Å². The second-order valence-electron chi connectivity index (χ2n) is 7.35. The average molecular weight is 538 g/mol. The molecule has 4 aromatic carbocycles. The van der Waals surface area contributed by atoms with Crippen LogP contribution in [-0.2, 0) is 11.3 Å². The molecule has 0 spiro atoms. The second-order valence-corrected chi connectivity index (χ2v) is 8.60. The maximum Gasteiger partial charge on any atom is 0.338 e. The first kappa shape index (κ1) is 22.0. The van der Waals surface area contributed by atoms with E-state index in [1.165, 1.54) is 12.1 Å². The number of halogens is 1. The van der Waals surface area contributed by atoms with Crippen LogP contribution in [0.5, 0.6) is 0 Å². The Hall–Kier alpha value is -3.23. The summed E-state index contributed by atoms with van der Waals surface area (Å²) in [5.74, 6) is -1.43. The summed E-state index contributed by atoms with van der Waals surface area (Å²) in [6.07, 6.45) is -0.918. The minimum absolute atomic E-state index is 0.160. The molecule has 0 aliphatic heterocycles. The fourth-order valence-electron chi connectivity index (χ4n) is 3.38.